The first-order valence-electron chi connectivity index (χ1n) is 6.83. The number of aromatic nitrogens is 3. The van der Waals surface area contributed by atoms with Gasteiger partial charge in [-0.2, -0.15) is 0 Å². The zero-order valence-corrected chi connectivity index (χ0v) is 12.7. The maximum absolute atomic E-state index is 5.17. The van der Waals surface area contributed by atoms with Gasteiger partial charge in [0.2, 0.25) is 5.95 Å². The summed E-state index contributed by atoms with van der Waals surface area (Å²) >= 11 is 5.17. The number of hydrogen-bond acceptors (Lipinski definition) is 4. The highest BCUT2D eigenvalue weighted by atomic mass is 32.1. The fraction of sp³-hybridized carbons (Fsp3) is 0.429. The Labute approximate surface area is 123 Å². The highest BCUT2D eigenvalue weighted by Crippen LogP contribution is 2.19. The third kappa shape index (κ3) is 2.43. The second kappa shape index (κ2) is 5.28. The van der Waals surface area contributed by atoms with E-state index in [9.17, 15) is 0 Å². The lowest BCUT2D eigenvalue weighted by Gasteiger charge is -2.36. The van der Waals surface area contributed by atoms with Crippen molar-refractivity contribution in [2.24, 2.45) is 7.05 Å². The van der Waals surface area contributed by atoms with E-state index in [1.165, 1.54) is 11.3 Å². The molecule has 1 aromatic carbocycles. The number of nitrogens with one attached hydrogen (secondary N) is 1. The zero-order chi connectivity index (χ0) is 14.1. The molecule has 0 radical (unpaired) electrons. The molecule has 0 atom stereocenters. The van der Waals surface area contributed by atoms with Gasteiger partial charge in [0, 0.05) is 38.9 Å². The van der Waals surface area contributed by atoms with Gasteiger partial charge in [0.05, 0.1) is 0 Å². The van der Waals surface area contributed by atoms with Crippen LogP contribution in [0.1, 0.15) is 5.56 Å². The summed E-state index contributed by atoms with van der Waals surface area (Å²) in [5.41, 5.74) is 2.61. The van der Waals surface area contributed by atoms with E-state index in [0.717, 1.165) is 32.1 Å². The highest BCUT2D eigenvalue weighted by molar-refractivity contribution is 7.71. The molecule has 106 valence electrons. The summed E-state index contributed by atoms with van der Waals surface area (Å²) in [4.78, 5) is 4.70. The lowest BCUT2D eigenvalue weighted by molar-refractivity contribution is 0.629. The standard InChI is InChI=1S/C14H19N5S/c1-11-4-3-5-12(10-11)18-6-8-19(9-7-18)13-15-16-14(20)17(13)2/h3-5,10H,6-9H2,1-2H3,(H,16,20). The van der Waals surface area contributed by atoms with Crippen molar-refractivity contribution < 1.29 is 0 Å². The Morgan fingerprint density at radius 3 is 2.45 bits per heavy atom. The fourth-order valence-electron chi connectivity index (χ4n) is 2.61. The Balaban J connectivity index is 1.71. The molecule has 1 aliphatic heterocycles. The minimum Gasteiger partial charge on any atom is -0.368 e. The van der Waals surface area contributed by atoms with Crippen molar-refractivity contribution in [1.29, 1.82) is 0 Å². The number of nitrogens with zero attached hydrogens (tertiary/aromatic N) is 4. The molecule has 20 heavy (non-hydrogen) atoms. The monoisotopic (exact) mass is 289 g/mol. The molecule has 1 saturated heterocycles. The van der Waals surface area contributed by atoms with Crippen LogP contribution in [0.2, 0.25) is 0 Å². The summed E-state index contributed by atoms with van der Waals surface area (Å²) in [5.74, 6) is 0.930. The van der Waals surface area contributed by atoms with E-state index in [4.69, 9.17) is 12.2 Å². The van der Waals surface area contributed by atoms with Crippen LogP contribution in [-0.2, 0) is 7.05 Å². The van der Waals surface area contributed by atoms with Crippen LogP contribution >= 0.6 is 12.2 Å². The predicted octanol–water partition coefficient (Wildman–Crippen LogP) is 2.11. The van der Waals surface area contributed by atoms with E-state index in [-0.39, 0.29) is 0 Å². The van der Waals surface area contributed by atoms with Crippen LogP contribution < -0.4 is 9.80 Å². The van der Waals surface area contributed by atoms with Gasteiger partial charge in [-0.3, -0.25) is 4.57 Å². The van der Waals surface area contributed by atoms with Crippen molar-refractivity contribution in [1.82, 2.24) is 14.8 Å². The van der Waals surface area contributed by atoms with Crippen molar-refractivity contribution in [3.8, 4) is 0 Å². The van der Waals surface area contributed by atoms with Crippen LogP contribution in [0, 0.1) is 11.7 Å². The summed E-state index contributed by atoms with van der Waals surface area (Å²) in [6, 6.07) is 8.67. The molecule has 3 rings (SSSR count). The van der Waals surface area contributed by atoms with Crippen LogP contribution in [0.4, 0.5) is 11.6 Å². The smallest absolute Gasteiger partial charge is 0.225 e. The molecule has 6 heteroatoms. The van der Waals surface area contributed by atoms with Gasteiger partial charge >= 0.3 is 0 Å². The SMILES string of the molecule is Cc1cccc(N2CCN(c3n[nH]c(=S)n3C)CC2)c1. The Bertz CT molecular complexity index is 652. The second-order valence-electron chi connectivity index (χ2n) is 5.20. The van der Waals surface area contributed by atoms with Gasteiger partial charge in [-0.1, -0.05) is 12.1 Å². The first-order chi connectivity index (χ1) is 9.65. The van der Waals surface area contributed by atoms with E-state index in [1.807, 2.05) is 11.6 Å². The molecule has 0 amide bonds. The summed E-state index contributed by atoms with van der Waals surface area (Å²) in [7, 11) is 1.95. The number of benzene rings is 1. The summed E-state index contributed by atoms with van der Waals surface area (Å²) in [5, 5.41) is 7.15. The van der Waals surface area contributed by atoms with E-state index in [1.54, 1.807) is 0 Å². The normalized spacial score (nSPS) is 15.7. The largest absolute Gasteiger partial charge is 0.368 e. The van der Waals surface area contributed by atoms with Crippen LogP contribution in [0.5, 0.6) is 0 Å². The molecular formula is C14H19N5S. The molecule has 1 N–H and O–H groups in total. The topological polar surface area (TPSA) is 40.1 Å². The first-order valence-corrected chi connectivity index (χ1v) is 7.24. The summed E-state index contributed by atoms with van der Waals surface area (Å²) in [6.45, 7) is 6.06. The quantitative estimate of drug-likeness (QED) is 0.860. The van der Waals surface area contributed by atoms with E-state index in [2.05, 4.69) is 51.2 Å². The van der Waals surface area contributed by atoms with Gasteiger partial charge in [0.25, 0.3) is 0 Å². The number of aromatic amines is 1. The van der Waals surface area contributed by atoms with E-state index >= 15 is 0 Å². The summed E-state index contributed by atoms with van der Waals surface area (Å²) in [6.07, 6.45) is 0. The average Bonchev–Trinajstić information content (AvgIpc) is 2.79. The van der Waals surface area contributed by atoms with Gasteiger partial charge in [0.15, 0.2) is 4.77 Å². The van der Waals surface area contributed by atoms with E-state index < -0.39 is 0 Å². The lowest BCUT2D eigenvalue weighted by atomic mass is 10.2. The number of hydrogen-bond donors (Lipinski definition) is 1. The molecule has 0 spiro atoms. The number of rotatable bonds is 2. The van der Waals surface area contributed by atoms with Crippen molar-refractivity contribution in [2.45, 2.75) is 6.92 Å². The molecule has 1 aliphatic rings. The maximum atomic E-state index is 5.17. The predicted molar refractivity (Wildman–Crippen MR) is 84.0 cm³/mol. The number of piperazine rings is 1. The molecule has 1 fully saturated rings. The third-order valence-corrected chi connectivity index (χ3v) is 4.15. The third-order valence-electron chi connectivity index (χ3n) is 3.79. The number of H-pyrrole nitrogens is 1. The molecule has 0 aliphatic carbocycles. The molecule has 2 aromatic rings. The van der Waals surface area contributed by atoms with Gasteiger partial charge in [-0.25, -0.2) is 5.10 Å². The van der Waals surface area contributed by atoms with Crippen molar-refractivity contribution in [3.05, 3.63) is 34.6 Å². The fourth-order valence-corrected chi connectivity index (χ4v) is 2.74. The Hall–Kier alpha value is -1.82. The van der Waals surface area contributed by atoms with Crippen LogP contribution in [-0.4, -0.2) is 40.9 Å². The minimum atomic E-state index is 0.668. The van der Waals surface area contributed by atoms with Crippen LogP contribution in [0.15, 0.2) is 24.3 Å². The molecule has 0 unspecified atom stereocenters. The molecule has 0 saturated carbocycles. The van der Waals surface area contributed by atoms with Gasteiger partial charge < -0.3 is 9.80 Å². The van der Waals surface area contributed by atoms with Crippen molar-refractivity contribution in [2.75, 3.05) is 36.0 Å². The lowest BCUT2D eigenvalue weighted by Crippen LogP contribution is -2.47. The first kappa shape index (κ1) is 13.2. The minimum absolute atomic E-state index is 0.668. The number of aryl methyl sites for hydroxylation is 1. The molecule has 5 nitrogen and oxygen atoms in total. The average molecular weight is 289 g/mol. The summed E-state index contributed by atoms with van der Waals surface area (Å²) < 4.78 is 2.60. The number of anilines is 2. The Morgan fingerprint density at radius 2 is 1.85 bits per heavy atom. The van der Waals surface area contributed by atoms with Gasteiger partial charge in [-0.15, -0.1) is 5.10 Å². The molecule has 0 bridgehead atoms. The molecule has 2 heterocycles. The Morgan fingerprint density at radius 1 is 1.15 bits per heavy atom. The van der Waals surface area contributed by atoms with Crippen LogP contribution in [0.3, 0.4) is 0 Å². The molecule has 1 aromatic heterocycles. The maximum Gasteiger partial charge on any atom is 0.225 e. The van der Waals surface area contributed by atoms with Crippen molar-refractivity contribution in [3.63, 3.8) is 0 Å². The van der Waals surface area contributed by atoms with Gasteiger partial charge in [0.1, 0.15) is 0 Å². The van der Waals surface area contributed by atoms with Crippen molar-refractivity contribution >= 4 is 23.9 Å². The van der Waals surface area contributed by atoms with E-state index in [0.29, 0.717) is 4.77 Å². The molecular weight excluding hydrogens is 270 g/mol. The zero-order valence-electron chi connectivity index (χ0n) is 11.8. The van der Waals surface area contributed by atoms with Gasteiger partial charge in [-0.05, 0) is 36.8 Å². The Kier molecular flexibility index (Phi) is 3.48. The second-order valence-corrected chi connectivity index (χ2v) is 5.59. The van der Waals surface area contributed by atoms with Crippen LogP contribution in [0.25, 0.3) is 0 Å². The highest BCUT2D eigenvalue weighted by Gasteiger charge is 2.20.